The van der Waals surface area contributed by atoms with Gasteiger partial charge in [-0.1, -0.05) is 43.3 Å². The van der Waals surface area contributed by atoms with Crippen molar-refractivity contribution in [3.8, 4) is 5.75 Å². The van der Waals surface area contributed by atoms with Crippen molar-refractivity contribution < 1.29 is 9.53 Å². The molecule has 0 saturated carbocycles. The summed E-state index contributed by atoms with van der Waals surface area (Å²) in [6.07, 6.45) is 4.54. The summed E-state index contributed by atoms with van der Waals surface area (Å²) in [5.74, 6) is 0.732. The van der Waals surface area contributed by atoms with Crippen molar-refractivity contribution in [2.75, 3.05) is 0 Å². The second kappa shape index (κ2) is 9.07. The van der Waals surface area contributed by atoms with Crippen molar-refractivity contribution in [1.29, 1.82) is 0 Å². The molecule has 0 fully saturated rings. The largest absolute Gasteiger partial charge is 0.491 e. The number of ether oxygens (including phenoxy) is 1. The lowest BCUT2D eigenvalue weighted by Gasteiger charge is -2.13. The highest BCUT2D eigenvalue weighted by Crippen LogP contribution is 2.16. The summed E-state index contributed by atoms with van der Waals surface area (Å²) >= 11 is 0. The van der Waals surface area contributed by atoms with E-state index in [-0.39, 0.29) is 18.1 Å². The van der Waals surface area contributed by atoms with Gasteiger partial charge >= 0.3 is 0 Å². The summed E-state index contributed by atoms with van der Waals surface area (Å²) in [6.45, 7) is 8.11. The van der Waals surface area contributed by atoms with Crippen LogP contribution in [0.2, 0.25) is 0 Å². The van der Waals surface area contributed by atoms with E-state index in [0.717, 1.165) is 23.3 Å². The lowest BCUT2D eigenvalue weighted by atomic mass is 10.0. The molecular weight excluding hydrogens is 310 g/mol. The van der Waals surface area contributed by atoms with Gasteiger partial charge in [-0.2, -0.15) is 0 Å². The molecule has 0 aliphatic rings. The van der Waals surface area contributed by atoms with Crippen LogP contribution in [0.25, 0.3) is 6.08 Å². The third-order valence-electron chi connectivity index (χ3n) is 3.93. The van der Waals surface area contributed by atoms with Crippen LogP contribution in [0.5, 0.6) is 5.75 Å². The van der Waals surface area contributed by atoms with Gasteiger partial charge < -0.3 is 10.1 Å². The molecule has 1 N–H and O–H groups in total. The van der Waals surface area contributed by atoms with E-state index in [9.17, 15) is 4.79 Å². The molecule has 0 spiro atoms. The van der Waals surface area contributed by atoms with E-state index < -0.39 is 0 Å². The highest BCUT2D eigenvalue weighted by atomic mass is 16.5. The van der Waals surface area contributed by atoms with E-state index >= 15 is 0 Å². The molecule has 2 aromatic carbocycles. The molecule has 1 atom stereocenters. The molecule has 0 saturated heterocycles. The number of carbonyl (C=O) groups excluding carboxylic acids is 1. The number of aryl methyl sites for hydroxylation is 1. The van der Waals surface area contributed by atoms with Crippen molar-refractivity contribution in [2.24, 2.45) is 0 Å². The summed E-state index contributed by atoms with van der Waals surface area (Å²) in [6, 6.07) is 16.0. The number of benzene rings is 2. The molecule has 2 aromatic rings. The Bertz CT molecular complexity index is 700. The van der Waals surface area contributed by atoms with Crippen LogP contribution in [-0.4, -0.2) is 12.0 Å². The molecule has 25 heavy (non-hydrogen) atoms. The Morgan fingerprint density at radius 1 is 1.04 bits per heavy atom. The maximum Gasteiger partial charge on any atom is 0.244 e. The highest BCUT2D eigenvalue weighted by molar-refractivity contribution is 5.91. The topological polar surface area (TPSA) is 38.3 Å². The van der Waals surface area contributed by atoms with Crippen LogP contribution >= 0.6 is 0 Å². The fourth-order valence-corrected chi connectivity index (χ4v) is 2.49. The number of carbonyl (C=O) groups is 1. The van der Waals surface area contributed by atoms with E-state index in [1.54, 1.807) is 12.2 Å². The van der Waals surface area contributed by atoms with E-state index in [2.05, 4.69) is 36.5 Å². The fraction of sp³-hybridized carbons (Fsp3) is 0.318. The molecule has 0 unspecified atom stereocenters. The monoisotopic (exact) mass is 337 g/mol. The summed E-state index contributed by atoms with van der Waals surface area (Å²) < 4.78 is 5.61. The Labute approximate surface area is 150 Å². The minimum absolute atomic E-state index is 0.0233. The first-order chi connectivity index (χ1) is 12.0. The first-order valence-corrected chi connectivity index (χ1v) is 8.82. The quantitative estimate of drug-likeness (QED) is 0.728. The third-order valence-corrected chi connectivity index (χ3v) is 3.93. The maximum absolute atomic E-state index is 12.1. The Kier molecular flexibility index (Phi) is 6.81. The van der Waals surface area contributed by atoms with Crippen molar-refractivity contribution in [2.45, 2.75) is 46.3 Å². The highest BCUT2D eigenvalue weighted by Gasteiger charge is 2.07. The average molecular weight is 337 g/mol. The van der Waals surface area contributed by atoms with Gasteiger partial charge in [0.25, 0.3) is 0 Å². The summed E-state index contributed by atoms with van der Waals surface area (Å²) in [7, 11) is 0. The molecule has 2 rings (SSSR count). The Hall–Kier alpha value is -2.55. The van der Waals surface area contributed by atoms with Gasteiger partial charge in [0.15, 0.2) is 0 Å². The van der Waals surface area contributed by atoms with Crippen molar-refractivity contribution in [1.82, 2.24) is 5.32 Å². The predicted molar refractivity (Wildman–Crippen MR) is 104 cm³/mol. The number of amides is 1. The SMILES string of the molecule is CCc1ccc([C@H](C)NC(=O)/C=C\c2ccc(OC(C)C)cc2)cc1. The van der Waals surface area contributed by atoms with Crippen LogP contribution < -0.4 is 10.1 Å². The first kappa shape index (κ1) is 18.8. The van der Waals surface area contributed by atoms with Crippen LogP contribution in [0.4, 0.5) is 0 Å². The molecule has 0 bridgehead atoms. The Morgan fingerprint density at radius 2 is 1.68 bits per heavy atom. The number of rotatable bonds is 7. The van der Waals surface area contributed by atoms with Crippen LogP contribution in [0.3, 0.4) is 0 Å². The zero-order chi connectivity index (χ0) is 18.2. The van der Waals surface area contributed by atoms with E-state index in [1.165, 1.54) is 5.56 Å². The standard InChI is InChI=1S/C22H27NO2/c1-5-18-6-11-20(12-7-18)17(4)23-22(24)15-10-19-8-13-21(14-9-19)25-16(2)3/h6-17H,5H2,1-4H3,(H,23,24)/b15-10-/t17-/m0/s1. The molecule has 0 aliphatic carbocycles. The number of hydrogen-bond donors (Lipinski definition) is 1. The van der Waals surface area contributed by atoms with E-state index in [0.29, 0.717) is 0 Å². The van der Waals surface area contributed by atoms with Gasteiger partial charge in [-0.25, -0.2) is 0 Å². The molecule has 0 heterocycles. The normalized spacial score (nSPS) is 12.4. The molecule has 0 aliphatic heterocycles. The zero-order valence-electron chi connectivity index (χ0n) is 15.5. The van der Waals surface area contributed by atoms with Gasteiger partial charge in [0.05, 0.1) is 12.1 Å². The fourth-order valence-electron chi connectivity index (χ4n) is 2.49. The van der Waals surface area contributed by atoms with Gasteiger partial charge in [0.1, 0.15) is 5.75 Å². The summed E-state index contributed by atoms with van der Waals surface area (Å²) in [4.78, 5) is 12.1. The summed E-state index contributed by atoms with van der Waals surface area (Å²) in [5, 5.41) is 2.99. The van der Waals surface area contributed by atoms with Crippen LogP contribution in [-0.2, 0) is 11.2 Å². The molecule has 0 aromatic heterocycles. The average Bonchev–Trinajstić information content (AvgIpc) is 2.60. The zero-order valence-corrected chi connectivity index (χ0v) is 15.5. The summed E-state index contributed by atoms with van der Waals surface area (Å²) in [5.41, 5.74) is 3.37. The molecule has 132 valence electrons. The lowest BCUT2D eigenvalue weighted by Crippen LogP contribution is -2.24. The van der Waals surface area contributed by atoms with Gasteiger partial charge in [0.2, 0.25) is 5.91 Å². The van der Waals surface area contributed by atoms with E-state index in [1.807, 2.05) is 45.0 Å². The molecule has 3 heteroatoms. The predicted octanol–water partition coefficient (Wildman–Crippen LogP) is 4.93. The molecular formula is C22H27NO2. The smallest absolute Gasteiger partial charge is 0.244 e. The second-order valence-electron chi connectivity index (χ2n) is 6.39. The Balaban J connectivity index is 1.90. The molecule has 0 radical (unpaired) electrons. The third kappa shape index (κ3) is 6.11. The van der Waals surface area contributed by atoms with Gasteiger partial charge in [0, 0.05) is 6.08 Å². The molecule has 1 amide bonds. The van der Waals surface area contributed by atoms with Crippen molar-refractivity contribution in [3.05, 3.63) is 71.3 Å². The van der Waals surface area contributed by atoms with Gasteiger partial charge in [-0.3, -0.25) is 4.79 Å². The number of hydrogen-bond acceptors (Lipinski definition) is 2. The van der Waals surface area contributed by atoms with Crippen LogP contribution in [0.1, 0.15) is 50.4 Å². The van der Waals surface area contributed by atoms with Crippen LogP contribution in [0.15, 0.2) is 54.6 Å². The van der Waals surface area contributed by atoms with E-state index in [4.69, 9.17) is 4.74 Å². The minimum Gasteiger partial charge on any atom is -0.491 e. The first-order valence-electron chi connectivity index (χ1n) is 8.82. The molecule has 3 nitrogen and oxygen atoms in total. The maximum atomic E-state index is 12.1. The second-order valence-corrected chi connectivity index (χ2v) is 6.39. The Morgan fingerprint density at radius 3 is 2.24 bits per heavy atom. The minimum atomic E-state index is -0.102. The van der Waals surface area contributed by atoms with Crippen molar-refractivity contribution in [3.63, 3.8) is 0 Å². The van der Waals surface area contributed by atoms with Crippen LogP contribution in [0, 0.1) is 0 Å². The number of nitrogens with one attached hydrogen (secondary N) is 1. The van der Waals surface area contributed by atoms with Gasteiger partial charge in [-0.05, 0) is 62.1 Å². The lowest BCUT2D eigenvalue weighted by molar-refractivity contribution is -0.117. The van der Waals surface area contributed by atoms with Crippen molar-refractivity contribution >= 4 is 12.0 Å². The van der Waals surface area contributed by atoms with Gasteiger partial charge in [-0.15, -0.1) is 0 Å².